The molecule has 4 rings (SSSR count). The van der Waals surface area contributed by atoms with E-state index in [0.29, 0.717) is 10.7 Å². The van der Waals surface area contributed by atoms with Crippen LogP contribution in [-0.2, 0) is 0 Å². The standard InChI is InChI=1S/C25H22N2O2S/c1-17(2)29-22-14-12-20(13-15-22)23-16-30-25(26-23)27-24(28)21-10-8-19(9-11-21)18-6-4-3-5-7-18/h3-17H,1-2H3,(H,26,27,28). The molecule has 1 N–H and O–H groups in total. The number of anilines is 1. The predicted octanol–water partition coefficient (Wildman–Crippen LogP) is 6.52. The van der Waals surface area contributed by atoms with Crippen LogP contribution in [0.5, 0.6) is 5.75 Å². The lowest BCUT2D eigenvalue weighted by Gasteiger charge is -2.09. The molecule has 30 heavy (non-hydrogen) atoms. The lowest BCUT2D eigenvalue weighted by molar-refractivity contribution is 0.102. The van der Waals surface area contributed by atoms with Gasteiger partial charge in [0.05, 0.1) is 11.8 Å². The summed E-state index contributed by atoms with van der Waals surface area (Å²) in [7, 11) is 0. The van der Waals surface area contributed by atoms with Crippen LogP contribution in [0, 0.1) is 0 Å². The van der Waals surface area contributed by atoms with Gasteiger partial charge in [-0.05, 0) is 61.4 Å². The zero-order chi connectivity index (χ0) is 20.9. The fraction of sp³-hybridized carbons (Fsp3) is 0.120. The van der Waals surface area contributed by atoms with Gasteiger partial charge in [0.2, 0.25) is 0 Å². The van der Waals surface area contributed by atoms with Crippen molar-refractivity contribution in [2.75, 3.05) is 5.32 Å². The predicted molar refractivity (Wildman–Crippen MR) is 123 cm³/mol. The summed E-state index contributed by atoms with van der Waals surface area (Å²) in [4.78, 5) is 17.1. The van der Waals surface area contributed by atoms with Gasteiger partial charge in [-0.2, -0.15) is 0 Å². The Bertz CT molecular complexity index is 1120. The number of hydrogen-bond donors (Lipinski definition) is 1. The number of aromatic nitrogens is 1. The lowest BCUT2D eigenvalue weighted by atomic mass is 10.0. The van der Waals surface area contributed by atoms with Gasteiger partial charge in [0.15, 0.2) is 5.13 Å². The summed E-state index contributed by atoms with van der Waals surface area (Å²) in [5.41, 5.74) is 4.61. The highest BCUT2D eigenvalue weighted by Crippen LogP contribution is 2.27. The Morgan fingerprint density at radius 3 is 2.17 bits per heavy atom. The smallest absolute Gasteiger partial charge is 0.257 e. The van der Waals surface area contributed by atoms with Crippen LogP contribution in [0.2, 0.25) is 0 Å². The van der Waals surface area contributed by atoms with Gasteiger partial charge in [-0.15, -0.1) is 11.3 Å². The SMILES string of the molecule is CC(C)Oc1ccc(-c2csc(NC(=O)c3ccc(-c4ccccc4)cc3)n2)cc1. The van der Waals surface area contributed by atoms with Crippen LogP contribution in [0.3, 0.4) is 0 Å². The van der Waals surface area contributed by atoms with Gasteiger partial charge in [-0.1, -0.05) is 42.5 Å². The number of carbonyl (C=O) groups is 1. The molecular formula is C25H22N2O2S. The van der Waals surface area contributed by atoms with Crippen LogP contribution in [0.1, 0.15) is 24.2 Å². The summed E-state index contributed by atoms with van der Waals surface area (Å²) in [6.07, 6.45) is 0.138. The van der Waals surface area contributed by atoms with E-state index in [2.05, 4.69) is 10.3 Å². The summed E-state index contributed by atoms with van der Waals surface area (Å²) in [5.74, 6) is 0.660. The van der Waals surface area contributed by atoms with Crippen LogP contribution in [0.4, 0.5) is 5.13 Å². The first-order valence-electron chi connectivity index (χ1n) is 9.78. The molecule has 0 radical (unpaired) electrons. The summed E-state index contributed by atoms with van der Waals surface area (Å²) in [5, 5.41) is 5.40. The van der Waals surface area contributed by atoms with E-state index in [1.807, 2.05) is 98.1 Å². The van der Waals surface area contributed by atoms with Crippen LogP contribution in [0.15, 0.2) is 84.2 Å². The Balaban J connectivity index is 1.42. The molecule has 1 amide bonds. The molecule has 1 aromatic heterocycles. The molecular weight excluding hydrogens is 392 g/mol. The number of nitrogens with zero attached hydrogens (tertiary/aromatic N) is 1. The number of nitrogens with one attached hydrogen (secondary N) is 1. The number of benzene rings is 3. The molecule has 4 nitrogen and oxygen atoms in total. The molecule has 0 aliphatic carbocycles. The average molecular weight is 415 g/mol. The maximum atomic E-state index is 12.6. The Morgan fingerprint density at radius 1 is 0.867 bits per heavy atom. The van der Waals surface area contributed by atoms with E-state index in [0.717, 1.165) is 28.1 Å². The highest BCUT2D eigenvalue weighted by molar-refractivity contribution is 7.14. The lowest BCUT2D eigenvalue weighted by Crippen LogP contribution is -2.11. The number of ether oxygens (including phenoxy) is 1. The second-order valence-electron chi connectivity index (χ2n) is 7.13. The molecule has 0 aliphatic rings. The number of thiazole rings is 1. The molecule has 150 valence electrons. The quantitative estimate of drug-likeness (QED) is 0.391. The minimum Gasteiger partial charge on any atom is -0.491 e. The van der Waals surface area contributed by atoms with Crippen molar-refractivity contribution in [3.05, 3.63) is 89.8 Å². The normalized spacial score (nSPS) is 10.8. The highest BCUT2D eigenvalue weighted by atomic mass is 32.1. The molecule has 0 aliphatic heterocycles. The van der Waals surface area contributed by atoms with Gasteiger partial charge in [-0.25, -0.2) is 4.98 Å². The first kappa shape index (κ1) is 19.9. The topological polar surface area (TPSA) is 51.2 Å². The minimum absolute atomic E-state index is 0.138. The number of amides is 1. The van der Waals surface area contributed by atoms with Gasteiger partial charge < -0.3 is 4.74 Å². The summed E-state index contributed by atoms with van der Waals surface area (Å²) in [6.45, 7) is 4.00. The van der Waals surface area contributed by atoms with Crippen molar-refractivity contribution >= 4 is 22.4 Å². The number of hydrogen-bond acceptors (Lipinski definition) is 4. The summed E-state index contributed by atoms with van der Waals surface area (Å²) < 4.78 is 5.67. The van der Waals surface area contributed by atoms with Crippen LogP contribution in [0.25, 0.3) is 22.4 Å². The van der Waals surface area contributed by atoms with E-state index in [9.17, 15) is 4.79 Å². The second-order valence-corrected chi connectivity index (χ2v) is 7.98. The van der Waals surface area contributed by atoms with Crippen molar-refractivity contribution < 1.29 is 9.53 Å². The first-order chi connectivity index (χ1) is 14.6. The van der Waals surface area contributed by atoms with E-state index in [4.69, 9.17) is 4.74 Å². The molecule has 0 fully saturated rings. The number of carbonyl (C=O) groups excluding carboxylic acids is 1. The zero-order valence-electron chi connectivity index (χ0n) is 16.8. The van der Waals surface area contributed by atoms with Crippen molar-refractivity contribution in [1.29, 1.82) is 0 Å². The maximum Gasteiger partial charge on any atom is 0.257 e. The molecule has 0 saturated heterocycles. The Kier molecular flexibility index (Phi) is 5.91. The molecule has 0 bridgehead atoms. The average Bonchev–Trinajstić information content (AvgIpc) is 3.23. The van der Waals surface area contributed by atoms with Crippen molar-refractivity contribution in [2.24, 2.45) is 0 Å². The molecule has 0 saturated carbocycles. The molecule has 3 aromatic carbocycles. The second kappa shape index (κ2) is 8.93. The molecule has 0 unspecified atom stereocenters. The third-order valence-electron chi connectivity index (χ3n) is 4.50. The van der Waals surface area contributed by atoms with Crippen molar-refractivity contribution in [1.82, 2.24) is 4.98 Å². The van der Waals surface area contributed by atoms with E-state index < -0.39 is 0 Å². The van der Waals surface area contributed by atoms with Gasteiger partial charge in [0, 0.05) is 16.5 Å². The summed E-state index contributed by atoms with van der Waals surface area (Å²) >= 11 is 1.41. The number of rotatable bonds is 6. The van der Waals surface area contributed by atoms with E-state index in [1.165, 1.54) is 11.3 Å². The van der Waals surface area contributed by atoms with Gasteiger partial charge in [0.1, 0.15) is 5.75 Å². The van der Waals surface area contributed by atoms with E-state index in [-0.39, 0.29) is 12.0 Å². The molecule has 4 aromatic rings. The molecule has 1 heterocycles. The first-order valence-corrected chi connectivity index (χ1v) is 10.7. The minimum atomic E-state index is -0.170. The third kappa shape index (κ3) is 4.75. The monoisotopic (exact) mass is 414 g/mol. The van der Waals surface area contributed by atoms with E-state index in [1.54, 1.807) is 0 Å². The van der Waals surface area contributed by atoms with Crippen molar-refractivity contribution in [3.8, 4) is 28.1 Å². The van der Waals surface area contributed by atoms with Gasteiger partial charge >= 0.3 is 0 Å². The van der Waals surface area contributed by atoms with Gasteiger partial charge in [0.25, 0.3) is 5.91 Å². The largest absolute Gasteiger partial charge is 0.491 e. The van der Waals surface area contributed by atoms with Crippen molar-refractivity contribution in [3.63, 3.8) is 0 Å². The van der Waals surface area contributed by atoms with Crippen LogP contribution >= 0.6 is 11.3 Å². The third-order valence-corrected chi connectivity index (χ3v) is 5.26. The Morgan fingerprint density at radius 2 is 1.50 bits per heavy atom. The van der Waals surface area contributed by atoms with Crippen LogP contribution in [-0.4, -0.2) is 17.0 Å². The fourth-order valence-electron chi connectivity index (χ4n) is 3.05. The Labute approximate surface area is 180 Å². The molecule has 5 heteroatoms. The maximum absolute atomic E-state index is 12.6. The van der Waals surface area contributed by atoms with E-state index >= 15 is 0 Å². The molecule has 0 spiro atoms. The highest BCUT2D eigenvalue weighted by Gasteiger charge is 2.11. The molecule has 0 atom stereocenters. The zero-order valence-corrected chi connectivity index (χ0v) is 17.6. The Hall–Kier alpha value is -3.44. The fourth-order valence-corrected chi connectivity index (χ4v) is 3.77. The summed E-state index contributed by atoms with van der Waals surface area (Å²) in [6, 6.07) is 25.5. The van der Waals surface area contributed by atoms with Gasteiger partial charge in [-0.3, -0.25) is 10.1 Å². The van der Waals surface area contributed by atoms with Crippen molar-refractivity contribution in [2.45, 2.75) is 20.0 Å². The van der Waals surface area contributed by atoms with Crippen LogP contribution < -0.4 is 10.1 Å².